The number of aromatic nitrogens is 1. The second kappa shape index (κ2) is 9.36. The Morgan fingerprint density at radius 3 is 2.37 bits per heavy atom. The monoisotopic (exact) mass is 453 g/mol. The van der Waals surface area contributed by atoms with Crippen LogP contribution in [-0.4, -0.2) is 18.0 Å². The van der Waals surface area contributed by atoms with Crippen molar-refractivity contribution in [1.29, 1.82) is 0 Å². The fraction of sp³-hybridized carbons (Fsp3) is 0.0556. The van der Waals surface area contributed by atoms with Crippen LogP contribution in [0.25, 0.3) is 12.2 Å². The maximum Gasteiger partial charge on any atom is 0.446 e. The summed E-state index contributed by atoms with van der Waals surface area (Å²) in [6.45, 7) is 1.32. The first-order chi connectivity index (χ1) is 12.8. The predicted molar refractivity (Wildman–Crippen MR) is 107 cm³/mol. The molecule has 0 spiro atoms. The fourth-order valence-electron chi connectivity index (χ4n) is 1.88. The number of allylic oxidation sites excluding steroid dienone is 6. The number of rotatable bonds is 7. The zero-order valence-corrected chi connectivity index (χ0v) is 16.5. The molecule has 2 N–H and O–H groups in total. The highest BCUT2D eigenvalue weighted by Crippen LogP contribution is 2.18. The van der Waals surface area contributed by atoms with Crippen LogP contribution in [0, 0.1) is 6.92 Å². The first-order valence-corrected chi connectivity index (χ1v) is 9.74. The number of aromatic amines is 1. The van der Waals surface area contributed by atoms with E-state index in [1.165, 1.54) is 19.1 Å². The van der Waals surface area contributed by atoms with Crippen molar-refractivity contribution in [3.63, 3.8) is 0 Å². The highest BCUT2D eigenvalue weighted by molar-refractivity contribution is 9.10. The van der Waals surface area contributed by atoms with Gasteiger partial charge in [-0.1, -0.05) is 36.5 Å². The van der Waals surface area contributed by atoms with Gasteiger partial charge in [-0.15, -0.1) is 0 Å². The average Bonchev–Trinajstić information content (AvgIpc) is 2.98. The molecule has 2 aromatic rings. The van der Waals surface area contributed by atoms with Gasteiger partial charge in [-0.05, 0) is 41.1 Å². The Labute approximate surface area is 164 Å². The minimum Gasteiger partial charge on any atom is -0.423 e. The molecular formula is C18H16BrNO6S. The molecule has 142 valence electrons. The summed E-state index contributed by atoms with van der Waals surface area (Å²) < 4.78 is 40.7. The highest BCUT2D eigenvalue weighted by Gasteiger charge is 2.14. The van der Waals surface area contributed by atoms with Crippen LogP contribution >= 0.6 is 15.9 Å². The second-order valence-electron chi connectivity index (χ2n) is 5.16. The largest absolute Gasteiger partial charge is 0.446 e. The molecule has 27 heavy (non-hydrogen) atoms. The van der Waals surface area contributed by atoms with Gasteiger partial charge in [-0.2, -0.15) is 8.42 Å². The molecule has 0 unspecified atom stereocenters. The first kappa shape index (κ1) is 20.7. The van der Waals surface area contributed by atoms with Crippen molar-refractivity contribution >= 4 is 38.5 Å². The van der Waals surface area contributed by atoms with Crippen molar-refractivity contribution in [2.24, 2.45) is 0 Å². The van der Waals surface area contributed by atoms with Gasteiger partial charge in [-0.3, -0.25) is 4.55 Å². The maximum atomic E-state index is 11.7. The Bertz CT molecular complexity index is 1070. The molecule has 7 nitrogen and oxygen atoms in total. The van der Waals surface area contributed by atoms with Gasteiger partial charge >= 0.3 is 16.0 Å². The third-order valence-electron chi connectivity index (χ3n) is 3.16. The molecule has 0 bridgehead atoms. The van der Waals surface area contributed by atoms with E-state index in [9.17, 15) is 13.2 Å². The standard InChI is InChI=1S/C18H16BrNO6S/c1-13-17(26-27(22,23)24)12-14(25-18(13)21)8-6-4-2-3-5-7-9-16-15(19)10-11-20-16/h2-12,20H,1H3,(H,22,23,24)/b4-2+,5-3+,8-6+,9-7+. The minimum atomic E-state index is -4.73. The summed E-state index contributed by atoms with van der Waals surface area (Å²) in [5.74, 6) is -0.215. The van der Waals surface area contributed by atoms with E-state index < -0.39 is 16.0 Å². The number of H-pyrrole nitrogens is 1. The number of hydrogen-bond donors (Lipinski definition) is 2. The third kappa shape index (κ3) is 6.89. The van der Waals surface area contributed by atoms with Gasteiger partial charge in [0.1, 0.15) is 5.76 Å². The van der Waals surface area contributed by atoms with E-state index in [4.69, 9.17) is 8.97 Å². The van der Waals surface area contributed by atoms with E-state index in [0.717, 1.165) is 10.2 Å². The lowest BCUT2D eigenvalue weighted by Crippen LogP contribution is -2.12. The number of nitrogens with one attached hydrogen (secondary N) is 1. The smallest absolute Gasteiger partial charge is 0.423 e. The summed E-state index contributed by atoms with van der Waals surface area (Å²) in [6.07, 6.45) is 15.7. The Morgan fingerprint density at radius 1 is 1.15 bits per heavy atom. The van der Waals surface area contributed by atoms with Crippen molar-refractivity contribution in [3.8, 4) is 5.75 Å². The topological polar surface area (TPSA) is 110 Å². The Morgan fingerprint density at radius 2 is 1.78 bits per heavy atom. The summed E-state index contributed by atoms with van der Waals surface area (Å²) in [5.41, 5.74) is 0.130. The average molecular weight is 454 g/mol. The fourth-order valence-corrected chi connectivity index (χ4v) is 2.66. The second-order valence-corrected chi connectivity index (χ2v) is 7.04. The van der Waals surface area contributed by atoms with E-state index in [0.29, 0.717) is 0 Å². The van der Waals surface area contributed by atoms with Gasteiger partial charge in [0.25, 0.3) is 0 Å². The molecule has 0 aliphatic carbocycles. The van der Waals surface area contributed by atoms with Crippen molar-refractivity contribution in [1.82, 2.24) is 4.98 Å². The lowest BCUT2D eigenvalue weighted by atomic mass is 10.2. The van der Waals surface area contributed by atoms with Crippen LogP contribution in [0.15, 0.2) is 68.5 Å². The van der Waals surface area contributed by atoms with Crippen LogP contribution in [0.3, 0.4) is 0 Å². The van der Waals surface area contributed by atoms with Crippen molar-refractivity contribution in [3.05, 3.63) is 86.7 Å². The van der Waals surface area contributed by atoms with Crippen molar-refractivity contribution in [2.75, 3.05) is 0 Å². The van der Waals surface area contributed by atoms with E-state index in [1.807, 2.05) is 30.5 Å². The molecule has 0 amide bonds. The van der Waals surface area contributed by atoms with E-state index in [1.54, 1.807) is 24.3 Å². The predicted octanol–water partition coefficient (Wildman–Crippen LogP) is 4.06. The lowest BCUT2D eigenvalue weighted by molar-refractivity contribution is 0.381. The third-order valence-corrected chi connectivity index (χ3v) is 4.24. The molecular weight excluding hydrogens is 438 g/mol. The highest BCUT2D eigenvalue weighted by atomic mass is 79.9. The van der Waals surface area contributed by atoms with Gasteiger partial charge in [0, 0.05) is 16.7 Å². The minimum absolute atomic E-state index is 0.0660. The van der Waals surface area contributed by atoms with Crippen LogP contribution in [0.4, 0.5) is 0 Å². The zero-order chi connectivity index (χ0) is 19.9. The van der Waals surface area contributed by atoms with Crippen LogP contribution in [0.2, 0.25) is 0 Å². The van der Waals surface area contributed by atoms with E-state index >= 15 is 0 Å². The molecule has 0 radical (unpaired) electrons. The zero-order valence-electron chi connectivity index (χ0n) is 14.1. The van der Waals surface area contributed by atoms with Crippen LogP contribution in [0.1, 0.15) is 17.0 Å². The SMILES string of the molecule is Cc1c(OS(=O)(=O)O)cc(/C=C/C=C/C=C/C=C/c2[nH]ccc2Br)oc1=O. The number of halogens is 1. The molecule has 0 aliphatic heterocycles. The first-order valence-electron chi connectivity index (χ1n) is 7.59. The van der Waals surface area contributed by atoms with Crippen LogP contribution in [0.5, 0.6) is 5.75 Å². The molecule has 0 atom stereocenters. The van der Waals surface area contributed by atoms with Gasteiger partial charge in [-0.25, -0.2) is 4.79 Å². The van der Waals surface area contributed by atoms with E-state index in [-0.39, 0.29) is 17.1 Å². The summed E-state index contributed by atoms with van der Waals surface area (Å²) in [6, 6.07) is 3.10. The molecule has 0 fully saturated rings. The summed E-state index contributed by atoms with van der Waals surface area (Å²) >= 11 is 3.41. The normalized spacial score (nSPS) is 12.9. The van der Waals surface area contributed by atoms with Crippen molar-refractivity contribution in [2.45, 2.75) is 6.92 Å². The number of hydrogen-bond acceptors (Lipinski definition) is 5. The van der Waals surface area contributed by atoms with Crippen molar-refractivity contribution < 1.29 is 21.6 Å². The molecule has 0 aromatic carbocycles. The quantitative estimate of drug-likeness (QED) is 0.483. The Kier molecular flexibility index (Phi) is 7.17. The molecule has 0 saturated heterocycles. The molecule has 2 rings (SSSR count). The van der Waals surface area contributed by atoms with Gasteiger partial charge in [0.2, 0.25) is 0 Å². The lowest BCUT2D eigenvalue weighted by Gasteiger charge is -2.04. The van der Waals surface area contributed by atoms with E-state index in [2.05, 4.69) is 25.1 Å². The summed E-state index contributed by atoms with van der Waals surface area (Å²) in [7, 11) is -4.73. The molecule has 0 aliphatic rings. The van der Waals surface area contributed by atoms with Crippen LogP contribution in [-0.2, 0) is 10.4 Å². The maximum absolute atomic E-state index is 11.7. The van der Waals surface area contributed by atoms with Crippen LogP contribution < -0.4 is 9.81 Å². The summed E-state index contributed by atoms with van der Waals surface area (Å²) in [4.78, 5) is 14.7. The Balaban J connectivity index is 2.00. The Hall–Kier alpha value is -2.62. The molecule has 0 saturated carbocycles. The molecule has 9 heteroatoms. The van der Waals surface area contributed by atoms with Gasteiger partial charge < -0.3 is 13.6 Å². The van der Waals surface area contributed by atoms with Gasteiger partial charge in [0.05, 0.1) is 11.3 Å². The molecule has 2 aromatic heterocycles. The van der Waals surface area contributed by atoms with Gasteiger partial charge in [0.15, 0.2) is 5.75 Å². The summed E-state index contributed by atoms with van der Waals surface area (Å²) in [5, 5.41) is 0. The molecule has 2 heterocycles.